The van der Waals surface area contributed by atoms with Crippen LogP contribution in [0, 0.1) is 0 Å². The molecule has 0 fully saturated rings. The molecule has 0 spiro atoms. The molecule has 9 heteroatoms. The molecule has 0 rings (SSSR count). The van der Waals surface area contributed by atoms with Gasteiger partial charge in [-0.3, -0.25) is 0 Å². The molecule has 0 aromatic rings. The van der Waals surface area contributed by atoms with E-state index in [0.717, 1.165) is 17.3 Å². The second-order valence-electron chi connectivity index (χ2n) is 4.20. The minimum atomic E-state index is -3.66. The van der Waals surface area contributed by atoms with Gasteiger partial charge in [-0.1, -0.05) is 36.4 Å². The van der Waals surface area contributed by atoms with Gasteiger partial charge in [0.2, 0.25) is 0 Å². The molecule has 0 saturated heterocycles. The monoisotopic (exact) mass is 429 g/mol. The van der Waals surface area contributed by atoms with Crippen molar-refractivity contribution in [2.24, 2.45) is 0 Å². The lowest BCUT2D eigenvalue weighted by Crippen LogP contribution is -2.38. The van der Waals surface area contributed by atoms with Gasteiger partial charge in [0.1, 0.15) is 0 Å². The molecule has 0 radical (unpaired) electrons. The molecule has 0 bridgehead atoms. The van der Waals surface area contributed by atoms with E-state index in [2.05, 4.69) is 27.1 Å². The molecule has 0 aliphatic carbocycles. The van der Waals surface area contributed by atoms with Gasteiger partial charge in [-0.15, -0.1) is 4.89 Å². The predicted molar refractivity (Wildman–Crippen MR) is 79.4 cm³/mol. The number of alkyl halides is 3. The van der Waals surface area contributed by atoms with Crippen LogP contribution in [0.25, 0.3) is 0 Å². The maximum absolute atomic E-state index is 13.0. The molecule has 1 N–H and O–H groups in total. The first kappa shape index (κ1) is 20.5. The summed E-state index contributed by atoms with van der Waals surface area (Å²) in [6.07, 6.45) is -3.00. The minimum Gasteiger partial charge on any atom is -0.378 e. The molecule has 1 unspecified atom stereocenters. The number of hydrogen-bond donors (Lipinski definition) is 1. The highest BCUT2D eigenvalue weighted by Crippen LogP contribution is 2.31. The van der Waals surface area contributed by atoms with Crippen molar-refractivity contribution in [2.45, 2.75) is 44.8 Å². The summed E-state index contributed by atoms with van der Waals surface area (Å²) in [7, 11) is -3.33. The Hall–Kier alpha value is 0.530. The van der Waals surface area contributed by atoms with Crippen molar-refractivity contribution in [1.29, 1.82) is 0 Å². The SMILES string of the molecule is CCC(CC)(COCCC(F)(F)O[P+](=O)O)OCCI. The van der Waals surface area contributed by atoms with E-state index < -0.39 is 26.4 Å². The van der Waals surface area contributed by atoms with Crippen molar-refractivity contribution in [3.05, 3.63) is 0 Å². The van der Waals surface area contributed by atoms with Gasteiger partial charge in [-0.25, -0.2) is 0 Å². The largest absolute Gasteiger partial charge is 0.701 e. The molecule has 0 aliphatic heterocycles. The molecule has 5 nitrogen and oxygen atoms in total. The minimum absolute atomic E-state index is 0.206. The highest BCUT2D eigenvalue weighted by Gasteiger charge is 2.41. The summed E-state index contributed by atoms with van der Waals surface area (Å²) in [4.78, 5) is 8.29. The molecule has 120 valence electrons. The van der Waals surface area contributed by atoms with Crippen LogP contribution in [-0.2, 0) is 18.6 Å². The van der Waals surface area contributed by atoms with Gasteiger partial charge in [0.05, 0.1) is 31.8 Å². The van der Waals surface area contributed by atoms with Crippen LogP contribution < -0.4 is 0 Å². The van der Waals surface area contributed by atoms with Crippen LogP contribution in [0.5, 0.6) is 0 Å². The molecule has 0 aromatic carbocycles. The Morgan fingerprint density at radius 2 is 1.85 bits per heavy atom. The van der Waals surface area contributed by atoms with Crippen molar-refractivity contribution in [3.8, 4) is 0 Å². The summed E-state index contributed by atoms with van der Waals surface area (Å²) in [6, 6.07) is 0. The number of rotatable bonds is 12. The van der Waals surface area contributed by atoms with Gasteiger partial charge in [-0.2, -0.15) is 8.78 Å². The van der Waals surface area contributed by atoms with E-state index in [0.29, 0.717) is 6.61 Å². The van der Waals surface area contributed by atoms with Crippen molar-refractivity contribution in [1.82, 2.24) is 0 Å². The van der Waals surface area contributed by atoms with Crippen molar-refractivity contribution in [3.63, 3.8) is 0 Å². The fraction of sp³-hybridized carbons (Fsp3) is 1.00. The van der Waals surface area contributed by atoms with Gasteiger partial charge in [-0.05, 0) is 17.4 Å². The van der Waals surface area contributed by atoms with Gasteiger partial charge < -0.3 is 9.47 Å². The second kappa shape index (κ2) is 10.3. The van der Waals surface area contributed by atoms with Crippen molar-refractivity contribution >= 4 is 30.8 Å². The van der Waals surface area contributed by atoms with E-state index in [-0.39, 0.29) is 13.2 Å². The van der Waals surface area contributed by atoms with E-state index in [1.54, 1.807) is 0 Å². The molecular weight excluding hydrogens is 408 g/mol. The Morgan fingerprint density at radius 3 is 2.30 bits per heavy atom. The Bertz CT molecular complexity index is 290. The lowest BCUT2D eigenvalue weighted by atomic mass is 9.98. The first-order chi connectivity index (χ1) is 9.31. The van der Waals surface area contributed by atoms with E-state index in [1.807, 2.05) is 13.8 Å². The van der Waals surface area contributed by atoms with Gasteiger partial charge in [0.25, 0.3) is 0 Å². The fourth-order valence-electron chi connectivity index (χ4n) is 1.56. The van der Waals surface area contributed by atoms with Crippen molar-refractivity contribution in [2.75, 3.05) is 24.2 Å². The van der Waals surface area contributed by atoms with Gasteiger partial charge in [0, 0.05) is 8.99 Å². The number of ether oxygens (including phenoxy) is 2. The first-order valence-electron chi connectivity index (χ1n) is 6.31. The van der Waals surface area contributed by atoms with Crippen molar-refractivity contribution < 1.29 is 32.2 Å². The van der Waals surface area contributed by atoms with Crippen LogP contribution in [-0.4, -0.2) is 40.9 Å². The molecule has 0 aliphatic rings. The summed E-state index contributed by atoms with van der Waals surface area (Å²) in [5.74, 6) is 0. The molecule has 0 saturated carbocycles. The highest BCUT2D eigenvalue weighted by molar-refractivity contribution is 14.1. The average Bonchev–Trinajstić information content (AvgIpc) is 2.37. The molecular formula is C11H21F2IO5P+. The van der Waals surface area contributed by atoms with Crippen LogP contribution >= 0.6 is 30.8 Å². The third kappa shape index (κ3) is 8.74. The standard InChI is InChI=1S/C11H20F2IO5P/c1-3-10(4-2,18-8-6-14)9-17-7-5-11(12,13)19-20(15)16/h3-9H2,1-2H3/p+1. The number of halogens is 3. The van der Waals surface area contributed by atoms with Crippen LogP contribution in [0.2, 0.25) is 0 Å². The molecule has 20 heavy (non-hydrogen) atoms. The first-order valence-corrected chi connectivity index (χ1v) is 8.97. The molecule has 0 aromatic heterocycles. The normalized spacial score (nSPS) is 13.6. The van der Waals surface area contributed by atoms with E-state index in [9.17, 15) is 13.3 Å². The van der Waals surface area contributed by atoms with Gasteiger partial charge >= 0.3 is 14.4 Å². The van der Waals surface area contributed by atoms with Gasteiger partial charge in [0.15, 0.2) is 0 Å². The molecule has 0 amide bonds. The summed E-state index contributed by atoms with van der Waals surface area (Å²) in [5, 5.41) is 0. The summed E-state index contributed by atoms with van der Waals surface area (Å²) in [5.41, 5.74) is -0.469. The fourth-order valence-corrected chi connectivity index (χ4v) is 2.10. The van der Waals surface area contributed by atoms with E-state index in [1.165, 1.54) is 0 Å². The van der Waals surface area contributed by atoms with E-state index >= 15 is 0 Å². The molecule has 0 heterocycles. The second-order valence-corrected chi connectivity index (χ2v) is 5.93. The number of hydrogen-bond acceptors (Lipinski definition) is 4. The maximum atomic E-state index is 13.0. The van der Waals surface area contributed by atoms with Crippen LogP contribution in [0.15, 0.2) is 0 Å². The Kier molecular flexibility index (Phi) is 10.6. The Morgan fingerprint density at radius 1 is 1.25 bits per heavy atom. The summed E-state index contributed by atoms with van der Waals surface area (Å²) in [6.45, 7) is 4.42. The summed E-state index contributed by atoms with van der Waals surface area (Å²) >= 11 is 2.19. The van der Waals surface area contributed by atoms with Crippen LogP contribution in [0.3, 0.4) is 0 Å². The Balaban J connectivity index is 4.14. The lowest BCUT2D eigenvalue weighted by molar-refractivity contribution is -0.193. The highest BCUT2D eigenvalue weighted by atomic mass is 127. The topological polar surface area (TPSA) is 65.0 Å². The molecule has 1 atom stereocenters. The third-order valence-corrected chi connectivity index (χ3v) is 3.75. The Labute approximate surface area is 132 Å². The zero-order chi connectivity index (χ0) is 15.6. The third-order valence-electron chi connectivity index (χ3n) is 2.89. The van der Waals surface area contributed by atoms with Crippen LogP contribution in [0.1, 0.15) is 33.1 Å². The average molecular weight is 429 g/mol. The zero-order valence-corrected chi connectivity index (χ0v) is 14.7. The van der Waals surface area contributed by atoms with E-state index in [4.69, 9.17) is 14.4 Å². The smallest absolute Gasteiger partial charge is 0.378 e. The predicted octanol–water partition coefficient (Wildman–Crippen LogP) is 3.66. The lowest BCUT2D eigenvalue weighted by Gasteiger charge is -2.31. The summed E-state index contributed by atoms with van der Waals surface area (Å²) < 4.78 is 51.6. The zero-order valence-electron chi connectivity index (χ0n) is 11.6. The quantitative estimate of drug-likeness (QED) is 0.222. The maximum Gasteiger partial charge on any atom is 0.701 e. The van der Waals surface area contributed by atoms with Crippen LogP contribution in [0.4, 0.5) is 8.78 Å².